The van der Waals surface area contributed by atoms with Crippen LogP contribution in [0.15, 0.2) is 18.2 Å². The molecule has 6 heteroatoms. The Bertz CT molecular complexity index is 469. The predicted molar refractivity (Wildman–Crippen MR) is 78.2 cm³/mol. The van der Waals surface area contributed by atoms with Crippen LogP contribution in [0.3, 0.4) is 0 Å². The first-order valence-corrected chi connectivity index (χ1v) is 7.44. The highest BCUT2D eigenvalue weighted by atomic mass is 32.2. The van der Waals surface area contributed by atoms with E-state index in [-0.39, 0.29) is 15.4 Å². The summed E-state index contributed by atoms with van der Waals surface area (Å²) in [5.74, 6) is 0.625. The van der Waals surface area contributed by atoms with Crippen molar-refractivity contribution in [1.29, 1.82) is 0 Å². The number of nitro benzene ring substituents is 1. The quantitative estimate of drug-likeness (QED) is 0.640. The molecule has 1 aromatic carbocycles. The van der Waals surface area contributed by atoms with Crippen LogP contribution in [-0.2, 0) is 0 Å². The van der Waals surface area contributed by atoms with Gasteiger partial charge in [0.25, 0.3) is 5.69 Å². The summed E-state index contributed by atoms with van der Waals surface area (Å²) in [5, 5.41) is 14.2. The number of ether oxygens (including phenoxy) is 1. The van der Waals surface area contributed by atoms with E-state index in [1.807, 2.05) is 11.8 Å². The van der Waals surface area contributed by atoms with Crippen LogP contribution in [0.5, 0.6) is 5.75 Å². The standard InChI is InChI=1S/C13H18N2O3S/c1-18-10-4-5-12(15(16)17)11(8-10)14-9-13(19-2)6-3-7-13/h4-5,8,14H,3,6-7,9H2,1-2H3. The highest BCUT2D eigenvalue weighted by molar-refractivity contribution is 8.00. The van der Waals surface area contributed by atoms with Gasteiger partial charge >= 0.3 is 0 Å². The normalized spacial score (nSPS) is 16.5. The van der Waals surface area contributed by atoms with Crippen molar-refractivity contribution in [2.24, 2.45) is 0 Å². The van der Waals surface area contributed by atoms with Crippen molar-refractivity contribution in [3.05, 3.63) is 28.3 Å². The molecule has 1 aliphatic carbocycles. The van der Waals surface area contributed by atoms with Crippen molar-refractivity contribution in [2.75, 3.05) is 25.2 Å². The van der Waals surface area contributed by atoms with E-state index < -0.39 is 0 Å². The SMILES string of the molecule is COc1ccc([N+](=O)[O-])c(NCC2(SC)CCC2)c1. The van der Waals surface area contributed by atoms with Gasteiger partial charge in [-0.05, 0) is 25.2 Å². The Hall–Kier alpha value is -1.43. The Kier molecular flexibility index (Phi) is 4.19. The highest BCUT2D eigenvalue weighted by Crippen LogP contribution is 2.43. The summed E-state index contributed by atoms with van der Waals surface area (Å²) in [4.78, 5) is 10.7. The molecule has 2 rings (SSSR count). The number of nitrogens with zero attached hydrogens (tertiary/aromatic N) is 1. The lowest BCUT2D eigenvalue weighted by Gasteiger charge is -2.40. The zero-order chi connectivity index (χ0) is 13.9. The van der Waals surface area contributed by atoms with Gasteiger partial charge in [0.15, 0.2) is 0 Å². The van der Waals surface area contributed by atoms with Gasteiger partial charge in [-0.3, -0.25) is 10.1 Å². The molecule has 1 fully saturated rings. The van der Waals surface area contributed by atoms with E-state index in [1.54, 1.807) is 19.2 Å². The van der Waals surface area contributed by atoms with Crippen LogP contribution in [0.25, 0.3) is 0 Å². The fourth-order valence-electron chi connectivity index (χ4n) is 2.22. The number of hydrogen-bond acceptors (Lipinski definition) is 5. The summed E-state index contributed by atoms with van der Waals surface area (Å²) in [6.45, 7) is 0.752. The summed E-state index contributed by atoms with van der Waals surface area (Å²) in [7, 11) is 1.56. The van der Waals surface area contributed by atoms with E-state index in [4.69, 9.17) is 4.74 Å². The van der Waals surface area contributed by atoms with Gasteiger partial charge in [0, 0.05) is 23.4 Å². The number of thioether (sulfide) groups is 1. The maximum Gasteiger partial charge on any atom is 0.292 e. The van der Waals surface area contributed by atoms with E-state index in [9.17, 15) is 10.1 Å². The molecule has 0 amide bonds. The van der Waals surface area contributed by atoms with Gasteiger partial charge in [0.05, 0.1) is 12.0 Å². The molecular weight excluding hydrogens is 264 g/mol. The van der Waals surface area contributed by atoms with Crippen LogP contribution in [-0.4, -0.2) is 29.6 Å². The molecule has 0 aromatic heterocycles. The second kappa shape index (κ2) is 5.69. The lowest BCUT2D eigenvalue weighted by Crippen LogP contribution is -2.40. The first kappa shape index (κ1) is 14.0. The molecule has 0 saturated heterocycles. The second-order valence-corrected chi connectivity index (χ2v) is 6.01. The number of nitro groups is 1. The average Bonchev–Trinajstić information content (AvgIpc) is 2.37. The molecule has 19 heavy (non-hydrogen) atoms. The van der Waals surface area contributed by atoms with Gasteiger partial charge in [-0.1, -0.05) is 6.42 Å². The molecule has 1 aromatic rings. The zero-order valence-electron chi connectivity index (χ0n) is 11.1. The number of hydrogen-bond donors (Lipinski definition) is 1. The minimum atomic E-state index is -0.367. The first-order chi connectivity index (χ1) is 9.10. The molecule has 1 N–H and O–H groups in total. The van der Waals surface area contributed by atoms with Gasteiger partial charge in [-0.2, -0.15) is 11.8 Å². The number of rotatable bonds is 6. The van der Waals surface area contributed by atoms with Gasteiger partial charge in [-0.25, -0.2) is 0 Å². The number of nitrogens with one attached hydrogen (secondary N) is 1. The molecule has 0 unspecified atom stereocenters. The molecule has 104 valence electrons. The van der Waals surface area contributed by atoms with Crippen molar-refractivity contribution in [3.8, 4) is 5.75 Å². The van der Waals surface area contributed by atoms with Crippen molar-refractivity contribution in [3.63, 3.8) is 0 Å². The molecule has 0 atom stereocenters. The molecule has 0 spiro atoms. The lowest BCUT2D eigenvalue weighted by atomic mass is 9.84. The third kappa shape index (κ3) is 2.94. The Morgan fingerprint density at radius 3 is 2.74 bits per heavy atom. The summed E-state index contributed by atoms with van der Waals surface area (Å²) in [5.41, 5.74) is 0.626. The lowest BCUT2D eigenvalue weighted by molar-refractivity contribution is -0.384. The number of methoxy groups -OCH3 is 1. The average molecular weight is 282 g/mol. The monoisotopic (exact) mass is 282 g/mol. The van der Waals surface area contributed by atoms with Crippen LogP contribution in [0, 0.1) is 10.1 Å². The van der Waals surface area contributed by atoms with E-state index in [1.165, 1.54) is 25.3 Å². The van der Waals surface area contributed by atoms with Crippen LogP contribution in [0.4, 0.5) is 11.4 Å². The van der Waals surface area contributed by atoms with Gasteiger partial charge in [0.2, 0.25) is 0 Å². The molecule has 0 heterocycles. The van der Waals surface area contributed by atoms with Gasteiger partial charge in [0.1, 0.15) is 11.4 Å². The van der Waals surface area contributed by atoms with Crippen LogP contribution < -0.4 is 10.1 Å². The van der Waals surface area contributed by atoms with Crippen molar-refractivity contribution in [1.82, 2.24) is 0 Å². The molecule has 0 bridgehead atoms. The van der Waals surface area contributed by atoms with E-state index in [0.29, 0.717) is 11.4 Å². The second-order valence-electron chi connectivity index (χ2n) is 4.73. The maximum absolute atomic E-state index is 11.0. The largest absolute Gasteiger partial charge is 0.497 e. The topological polar surface area (TPSA) is 64.4 Å². The highest BCUT2D eigenvalue weighted by Gasteiger charge is 2.36. The fraction of sp³-hybridized carbons (Fsp3) is 0.538. The third-order valence-electron chi connectivity index (χ3n) is 3.70. The summed E-state index contributed by atoms with van der Waals surface area (Å²) in [6, 6.07) is 4.77. The maximum atomic E-state index is 11.0. The molecule has 1 aliphatic rings. The first-order valence-electron chi connectivity index (χ1n) is 6.22. The molecule has 0 radical (unpaired) electrons. The summed E-state index contributed by atoms with van der Waals surface area (Å²) >= 11 is 1.84. The smallest absolute Gasteiger partial charge is 0.292 e. The van der Waals surface area contributed by atoms with Crippen LogP contribution in [0.1, 0.15) is 19.3 Å². The minimum absolute atomic E-state index is 0.0939. The number of anilines is 1. The van der Waals surface area contributed by atoms with Gasteiger partial charge < -0.3 is 10.1 Å². The molecule has 1 saturated carbocycles. The van der Waals surface area contributed by atoms with Crippen molar-refractivity contribution >= 4 is 23.1 Å². The summed E-state index contributed by atoms with van der Waals surface area (Å²) < 4.78 is 5.35. The predicted octanol–water partition coefficient (Wildman–Crippen LogP) is 3.30. The Morgan fingerprint density at radius 2 is 2.26 bits per heavy atom. The van der Waals surface area contributed by atoms with E-state index in [2.05, 4.69) is 11.6 Å². The van der Waals surface area contributed by atoms with Crippen LogP contribution >= 0.6 is 11.8 Å². The van der Waals surface area contributed by atoms with E-state index in [0.717, 1.165) is 6.54 Å². The molecule has 5 nitrogen and oxygen atoms in total. The fourth-order valence-corrected chi connectivity index (χ4v) is 3.14. The van der Waals surface area contributed by atoms with E-state index >= 15 is 0 Å². The minimum Gasteiger partial charge on any atom is -0.497 e. The third-order valence-corrected chi connectivity index (χ3v) is 5.12. The summed E-state index contributed by atoms with van der Waals surface area (Å²) in [6.07, 6.45) is 5.67. The molecule has 0 aliphatic heterocycles. The Labute approximate surface area is 116 Å². The van der Waals surface area contributed by atoms with Crippen LogP contribution in [0.2, 0.25) is 0 Å². The van der Waals surface area contributed by atoms with Gasteiger partial charge in [-0.15, -0.1) is 0 Å². The molecular formula is C13H18N2O3S. The zero-order valence-corrected chi connectivity index (χ0v) is 12.0. The number of benzene rings is 1. The van der Waals surface area contributed by atoms with Crippen molar-refractivity contribution < 1.29 is 9.66 Å². The Morgan fingerprint density at radius 1 is 1.53 bits per heavy atom. The van der Waals surface area contributed by atoms with Crippen molar-refractivity contribution in [2.45, 2.75) is 24.0 Å². The Balaban J connectivity index is 2.15.